The molecular weight excluding hydrogens is 399 g/mol. The summed E-state index contributed by atoms with van der Waals surface area (Å²) in [7, 11) is 0. The predicted molar refractivity (Wildman–Crippen MR) is 95.0 cm³/mol. The number of carbonyl (C=O) groups is 1. The normalized spacial score (nSPS) is 37.9. The Morgan fingerprint density at radius 3 is 2.48 bits per heavy atom. The molecule has 4 fully saturated rings. The average Bonchev–Trinajstić information content (AvgIpc) is 2.45. The molecule has 0 spiro atoms. The standard InChI is InChI=1S/C18H19BrCl2O2/c19-18-7-12-3-13(8-18)6-17(5-12,10-18)16(22)23-9-11-1-2-14(20)15(21)4-11/h1-2,4,12-13H,3,5-10H2/t12-,13+,17?,18?. The van der Waals surface area contributed by atoms with E-state index in [2.05, 4.69) is 15.9 Å². The molecule has 4 aliphatic carbocycles. The van der Waals surface area contributed by atoms with Gasteiger partial charge >= 0.3 is 5.97 Å². The van der Waals surface area contributed by atoms with Gasteiger partial charge < -0.3 is 4.74 Å². The summed E-state index contributed by atoms with van der Waals surface area (Å²) in [6.45, 7) is 0.266. The van der Waals surface area contributed by atoms with E-state index in [9.17, 15) is 4.79 Å². The van der Waals surface area contributed by atoms with Gasteiger partial charge in [-0.2, -0.15) is 0 Å². The zero-order chi connectivity index (χ0) is 16.2. The molecule has 5 rings (SSSR count). The van der Waals surface area contributed by atoms with Crippen molar-refractivity contribution in [3.63, 3.8) is 0 Å². The molecule has 124 valence electrons. The topological polar surface area (TPSA) is 26.3 Å². The lowest BCUT2D eigenvalue weighted by Gasteiger charge is -2.58. The van der Waals surface area contributed by atoms with Gasteiger partial charge in [-0.15, -0.1) is 0 Å². The Kier molecular flexibility index (Phi) is 3.98. The van der Waals surface area contributed by atoms with Crippen LogP contribution >= 0.6 is 39.1 Å². The molecule has 0 saturated heterocycles. The van der Waals surface area contributed by atoms with Crippen LogP contribution in [0.5, 0.6) is 0 Å². The Labute approximate surface area is 155 Å². The number of hydrogen-bond donors (Lipinski definition) is 0. The Bertz CT molecular complexity index is 646. The molecule has 0 radical (unpaired) electrons. The minimum Gasteiger partial charge on any atom is -0.460 e. The first-order valence-electron chi connectivity index (χ1n) is 8.18. The van der Waals surface area contributed by atoms with Crippen molar-refractivity contribution in [2.75, 3.05) is 0 Å². The van der Waals surface area contributed by atoms with E-state index in [0.29, 0.717) is 21.9 Å². The van der Waals surface area contributed by atoms with Gasteiger partial charge in [-0.1, -0.05) is 45.2 Å². The van der Waals surface area contributed by atoms with Crippen molar-refractivity contribution in [1.82, 2.24) is 0 Å². The third kappa shape index (κ3) is 2.94. The maximum Gasteiger partial charge on any atom is 0.312 e. The number of carbonyl (C=O) groups excluding carboxylic acids is 1. The van der Waals surface area contributed by atoms with Gasteiger partial charge in [0.15, 0.2) is 0 Å². The Balaban J connectivity index is 1.47. The lowest BCUT2D eigenvalue weighted by atomic mass is 9.49. The van der Waals surface area contributed by atoms with Crippen LogP contribution in [0.15, 0.2) is 18.2 Å². The van der Waals surface area contributed by atoms with Crippen LogP contribution in [0.25, 0.3) is 0 Å². The Morgan fingerprint density at radius 1 is 1.17 bits per heavy atom. The van der Waals surface area contributed by atoms with E-state index >= 15 is 0 Å². The number of benzene rings is 1. The number of halogens is 3. The molecule has 4 aliphatic rings. The molecule has 1 aromatic carbocycles. The summed E-state index contributed by atoms with van der Waals surface area (Å²) in [5.74, 6) is 1.32. The fraction of sp³-hybridized carbons (Fsp3) is 0.611. The zero-order valence-corrected chi connectivity index (χ0v) is 15.9. The van der Waals surface area contributed by atoms with Gasteiger partial charge in [-0.3, -0.25) is 4.79 Å². The van der Waals surface area contributed by atoms with Crippen LogP contribution in [0.3, 0.4) is 0 Å². The first kappa shape index (κ1) is 16.2. The first-order chi connectivity index (χ1) is 10.9. The molecule has 5 heteroatoms. The van der Waals surface area contributed by atoms with Gasteiger partial charge in [0.1, 0.15) is 6.61 Å². The monoisotopic (exact) mass is 416 g/mol. The predicted octanol–water partition coefficient (Wildman–Crippen LogP) is 5.77. The molecule has 0 N–H and O–H groups in total. The molecule has 0 aromatic heterocycles. The molecule has 4 saturated carbocycles. The smallest absolute Gasteiger partial charge is 0.312 e. The Morgan fingerprint density at radius 2 is 1.87 bits per heavy atom. The third-order valence-corrected chi connectivity index (χ3v) is 7.44. The van der Waals surface area contributed by atoms with Crippen LogP contribution in [0.2, 0.25) is 10.0 Å². The maximum atomic E-state index is 12.9. The second-order valence-corrected chi connectivity index (χ2v) is 10.2. The van der Waals surface area contributed by atoms with E-state index in [-0.39, 0.29) is 22.3 Å². The summed E-state index contributed by atoms with van der Waals surface area (Å²) >= 11 is 15.9. The highest BCUT2D eigenvalue weighted by Gasteiger charge is 2.60. The lowest BCUT2D eigenvalue weighted by molar-refractivity contribution is -0.170. The fourth-order valence-electron chi connectivity index (χ4n) is 5.32. The number of rotatable bonds is 3. The van der Waals surface area contributed by atoms with Crippen LogP contribution in [0.4, 0.5) is 0 Å². The minimum atomic E-state index is -0.274. The van der Waals surface area contributed by atoms with E-state index in [4.69, 9.17) is 27.9 Å². The summed E-state index contributed by atoms with van der Waals surface area (Å²) in [5, 5.41) is 1.01. The van der Waals surface area contributed by atoms with Gasteiger partial charge in [-0.25, -0.2) is 0 Å². The summed E-state index contributed by atoms with van der Waals surface area (Å²) in [6, 6.07) is 5.36. The van der Waals surface area contributed by atoms with Crippen molar-refractivity contribution in [3.8, 4) is 0 Å². The van der Waals surface area contributed by atoms with Crippen molar-refractivity contribution in [1.29, 1.82) is 0 Å². The zero-order valence-electron chi connectivity index (χ0n) is 12.8. The van der Waals surface area contributed by atoms with E-state index in [0.717, 1.165) is 24.8 Å². The van der Waals surface area contributed by atoms with E-state index in [1.54, 1.807) is 12.1 Å². The largest absolute Gasteiger partial charge is 0.460 e. The number of hydrogen-bond acceptors (Lipinski definition) is 2. The van der Waals surface area contributed by atoms with Crippen LogP contribution in [0.1, 0.15) is 44.1 Å². The Hall–Kier alpha value is -0.250. The molecule has 0 aliphatic heterocycles. The van der Waals surface area contributed by atoms with Crippen molar-refractivity contribution in [2.24, 2.45) is 17.3 Å². The number of ether oxygens (including phenoxy) is 1. The third-order valence-electron chi connectivity index (χ3n) is 5.78. The molecule has 4 bridgehead atoms. The van der Waals surface area contributed by atoms with Crippen molar-refractivity contribution < 1.29 is 9.53 Å². The van der Waals surface area contributed by atoms with Gasteiger partial charge in [0, 0.05) is 4.32 Å². The molecule has 1 aromatic rings. The van der Waals surface area contributed by atoms with E-state index in [1.807, 2.05) is 6.07 Å². The minimum absolute atomic E-state index is 0.0264. The van der Waals surface area contributed by atoms with E-state index in [1.165, 1.54) is 19.3 Å². The molecule has 2 nitrogen and oxygen atoms in total. The lowest BCUT2D eigenvalue weighted by Crippen LogP contribution is -2.56. The average molecular weight is 418 g/mol. The highest BCUT2D eigenvalue weighted by atomic mass is 79.9. The van der Waals surface area contributed by atoms with Gasteiger partial charge in [0.25, 0.3) is 0 Å². The van der Waals surface area contributed by atoms with Gasteiger partial charge in [-0.05, 0) is 68.1 Å². The molecule has 4 atom stereocenters. The number of esters is 1. The number of alkyl halides is 1. The van der Waals surface area contributed by atoms with Crippen LogP contribution in [-0.2, 0) is 16.1 Å². The molecule has 0 amide bonds. The summed E-state index contributed by atoms with van der Waals surface area (Å²) in [5.41, 5.74) is 0.607. The quantitative estimate of drug-likeness (QED) is 0.460. The van der Waals surface area contributed by atoms with Crippen LogP contribution in [0, 0.1) is 17.3 Å². The fourth-order valence-corrected chi connectivity index (χ4v) is 7.09. The van der Waals surface area contributed by atoms with Crippen LogP contribution < -0.4 is 0 Å². The van der Waals surface area contributed by atoms with Gasteiger partial charge in [0.05, 0.1) is 15.5 Å². The van der Waals surface area contributed by atoms with E-state index < -0.39 is 0 Å². The highest BCUT2D eigenvalue weighted by molar-refractivity contribution is 9.10. The molecule has 23 heavy (non-hydrogen) atoms. The molecule has 0 heterocycles. The summed E-state index contributed by atoms with van der Waals surface area (Å²) in [6.07, 6.45) is 6.63. The SMILES string of the molecule is O=C(OCc1ccc(Cl)c(Cl)c1)C12C[C@@H]3C[C@@H](CC(Br)(C3)C1)C2. The second kappa shape index (κ2) is 5.64. The summed E-state index contributed by atoms with van der Waals surface area (Å²) < 4.78 is 5.86. The van der Waals surface area contributed by atoms with Crippen molar-refractivity contribution >= 4 is 45.1 Å². The first-order valence-corrected chi connectivity index (χ1v) is 9.73. The maximum absolute atomic E-state index is 12.9. The van der Waals surface area contributed by atoms with Crippen molar-refractivity contribution in [2.45, 2.75) is 49.5 Å². The second-order valence-electron chi connectivity index (χ2n) is 7.72. The van der Waals surface area contributed by atoms with Crippen LogP contribution in [-0.4, -0.2) is 10.3 Å². The summed E-state index contributed by atoms with van der Waals surface area (Å²) in [4.78, 5) is 12.9. The molecular formula is C18H19BrCl2O2. The highest BCUT2D eigenvalue weighted by Crippen LogP contribution is 2.64. The van der Waals surface area contributed by atoms with Gasteiger partial charge in [0.2, 0.25) is 0 Å². The van der Waals surface area contributed by atoms with Crippen molar-refractivity contribution in [3.05, 3.63) is 33.8 Å². The molecule has 2 unspecified atom stereocenters.